The van der Waals surface area contributed by atoms with Crippen LogP contribution in [-0.4, -0.2) is 22.6 Å². The van der Waals surface area contributed by atoms with E-state index >= 15 is 0 Å². The molecule has 1 heterocycles. The number of nitrogens with two attached hydrogens (primary N) is 1. The molecule has 0 aliphatic heterocycles. The van der Waals surface area contributed by atoms with E-state index in [4.69, 9.17) is 5.73 Å². The number of nitrogens with one attached hydrogen (secondary N) is 1. The molecule has 3 N–H and O–H groups in total. The van der Waals surface area contributed by atoms with E-state index in [0.717, 1.165) is 11.4 Å². The molecule has 0 fully saturated rings. The molecule has 1 amide bonds. The number of hydrogen-bond acceptors (Lipinski definition) is 5. The Bertz CT molecular complexity index is 299. The first-order chi connectivity index (χ1) is 6.76. The van der Waals surface area contributed by atoms with Crippen molar-refractivity contribution in [2.24, 2.45) is 5.73 Å². The zero-order valence-electron chi connectivity index (χ0n) is 8.12. The van der Waals surface area contributed by atoms with Crippen LogP contribution in [-0.2, 0) is 11.2 Å². The summed E-state index contributed by atoms with van der Waals surface area (Å²) < 4.78 is 0. The summed E-state index contributed by atoms with van der Waals surface area (Å²) in [5.41, 5.74) is 5.37. The number of rotatable bonds is 5. The summed E-state index contributed by atoms with van der Waals surface area (Å²) >= 11 is 1.38. The summed E-state index contributed by atoms with van der Waals surface area (Å²) in [5.74, 6) is -0.0112. The minimum Gasteiger partial charge on any atom is -0.330 e. The largest absolute Gasteiger partial charge is 0.330 e. The molecule has 1 aromatic rings. The monoisotopic (exact) mass is 214 g/mol. The van der Waals surface area contributed by atoms with E-state index in [2.05, 4.69) is 15.5 Å². The number of carbonyl (C=O) groups is 1. The van der Waals surface area contributed by atoms with Gasteiger partial charge in [-0.3, -0.25) is 4.79 Å². The molecule has 0 spiro atoms. The number of aromatic nitrogens is 2. The lowest BCUT2D eigenvalue weighted by molar-refractivity contribution is -0.116. The van der Waals surface area contributed by atoms with Gasteiger partial charge in [0.15, 0.2) is 0 Å². The van der Waals surface area contributed by atoms with Crippen molar-refractivity contribution in [3.8, 4) is 0 Å². The van der Waals surface area contributed by atoms with E-state index in [9.17, 15) is 4.79 Å². The lowest BCUT2D eigenvalue weighted by Gasteiger charge is -1.96. The maximum atomic E-state index is 11.2. The summed E-state index contributed by atoms with van der Waals surface area (Å²) in [6, 6.07) is 0. The van der Waals surface area contributed by atoms with Gasteiger partial charge in [-0.15, -0.1) is 10.2 Å². The molecule has 0 saturated carbocycles. The highest BCUT2D eigenvalue weighted by molar-refractivity contribution is 7.15. The van der Waals surface area contributed by atoms with Gasteiger partial charge >= 0.3 is 0 Å². The van der Waals surface area contributed by atoms with Crippen LogP contribution in [0.5, 0.6) is 0 Å². The Morgan fingerprint density at radius 3 is 3.00 bits per heavy atom. The molecule has 5 nitrogen and oxygen atoms in total. The minimum atomic E-state index is -0.0112. The zero-order chi connectivity index (χ0) is 10.4. The normalized spacial score (nSPS) is 10.1. The minimum absolute atomic E-state index is 0.0112. The summed E-state index contributed by atoms with van der Waals surface area (Å²) in [5, 5.41) is 11.8. The zero-order valence-corrected chi connectivity index (χ0v) is 8.93. The first kappa shape index (κ1) is 11.1. The van der Waals surface area contributed by atoms with Crippen molar-refractivity contribution in [3.63, 3.8) is 0 Å². The van der Waals surface area contributed by atoms with Crippen LogP contribution in [0.1, 0.15) is 24.8 Å². The third-order valence-corrected chi connectivity index (χ3v) is 2.45. The van der Waals surface area contributed by atoms with Gasteiger partial charge in [0.25, 0.3) is 0 Å². The molecule has 14 heavy (non-hydrogen) atoms. The molecular formula is C8H14N4OS. The van der Waals surface area contributed by atoms with Crippen molar-refractivity contribution in [2.45, 2.75) is 26.2 Å². The Hall–Kier alpha value is -1.01. The van der Waals surface area contributed by atoms with Crippen LogP contribution < -0.4 is 11.1 Å². The summed E-state index contributed by atoms with van der Waals surface area (Å²) in [6.07, 6.45) is 2.06. The quantitative estimate of drug-likeness (QED) is 0.759. The van der Waals surface area contributed by atoms with Crippen LogP contribution in [0.15, 0.2) is 0 Å². The predicted octanol–water partition coefficient (Wildman–Crippen LogP) is 0.778. The van der Waals surface area contributed by atoms with Gasteiger partial charge in [-0.1, -0.05) is 18.3 Å². The Labute approximate surface area is 86.7 Å². The van der Waals surface area contributed by atoms with E-state index in [1.54, 1.807) is 0 Å². The molecular weight excluding hydrogens is 200 g/mol. The number of carbonyl (C=O) groups excluding carboxylic acids is 1. The SMILES string of the molecule is CCCC(=O)Nc1nnc(CCN)s1. The fourth-order valence-electron chi connectivity index (χ4n) is 0.937. The van der Waals surface area contributed by atoms with Crippen molar-refractivity contribution in [1.29, 1.82) is 0 Å². The van der Waals surface area contributed by atoms with E-state index in [0.29, 0.717) is 24.5 Å². The van der Waals surface area contributed by atoms with Gasteiger partial charge in [0.1, 0.15) is 5.01 Å². The van der Waals surface area contributed by atoms with E-state index in [1.807, 2.05) is 6.92 Å². The summed E-state index contributed by atoms with van der Waals surface area (Å²) in [4.78, 5) is 11.2. The lowest BCUT2D eigenvalue weighted by Crippen LogP contribution is -2.10. The molecule has 0 aliphatic rings. The second-order valence-corrected chi connectivity index (χ2v) is 3.90. The molecule has 0 aliphatic carbocycles. The van der Waals surface area contributed by atoms with Gasteiger partial charge in [-0.05, 0) is 13.0 Å². The van der Waals surface area contributed by atoms with Gasteiger partial charge in [0.2, 0.25) is 11.0 Å². The molecule has 78 valence electrons. The molecule has 0 saturated heterocycles. The third-order valence-electron chi connectivity index (χ3n) is 1.55. The number of amides is 1. The summed E-state index contributed by atoms with van der Waals surface area (Å²) in [7, 11) is 0. The fourth-order valence-corrected chi connectivity index (χ4v) is 1.71. The second kappa shape index (κ2) is 5.66. The van der Waals surface area contributed by atoms with Crippen LogP contribution in [0.3, 0.4) is 0 Å². The highest BCUT2D eigenvalue weighted by Crippen LogP contribution is 2.15. The summed E-state index contributed by atoms with van der Waals surface area (Å²) in [6.45, 7) is 2.51. The first-order valence-electron chi connectivity index (χ1n) is 4.58. The van der Waals surface area contributed by atoms with Gasteiger partial charge < -0.3 is 11.1 Å². The van der Waals surface area contributed by atoms with Gasteiger partial charge in [-0.25, -0.2) is 0 Å². The van der Waals surface area contributed by atoms with Crippen LogP contribution in [0.2, 0.25) is 0 Å². The third kappa shape index (κ3) is 3.39. The van der Waals surface area contributed by atoms with Crippen molar-refractivity contribution in [1.82, 2.24) is 10.2 Å². The molecule has 0 bridgehead atoms. The second-order valence-electron chi connectivity index (χ2n) is 2.84. The molecule has 0 radical (unpaired) electrons. The molecule has 0 unspecified atom stereocenters. The topological polar surface area (TPSA) is 80.9 Å². The van der Waals surface area contributed by atoms with Gasteiger partial charge in [0, 0.05) is 12.8 Å². The van der Waals surface area contributed by atoms with Gasteiger partial charge in [-0.2, -0.15) is 0 Å². The molecule has 1 rings (SSSR count). The average Bonchev–Trinajstić information content (AvgIpc) is 2.53. The van der Waals surface area contributed by atoms with Crippen LogP contribution >= 0.6 is 11.3 Å². The Kier molecular flexibility index (Phi) is 4.48. The first-order valence-corrected chi connectivity index (χ1v) is 5.40. The Balaban J connectivity index is 2.46. The molecule has 1 aromatic heterocycles. The maximum Gasteiger partial charge on any atom is 0.226 e. The maximum absolute atomic E-state index is 11.2. The van der Waals surface area contributed by atoms with E-state index in [-0.39, 0.29) is 5.91 Å². The van der Waals surface area contributed by atoms with Crippen LogP contribution in [0.25, 0.3) is 0 Å². The van der Waals surface area contributed by atoms with Crippen LogP contribution in [0, 0.1) is 0 Å². The number of hydrogen-bond donors (Lipinski definition) is 2. The Morgan fingerprint density at radius 1 is 1.57 bits per heavy atom. The van der Waals surface area contributed by atoms with E-state index < -0.39 is 0 Å². The molecule has 0 aromatic carbocycles. The highest BCUT2D eigenvalue weighted by atomic mass is 32.1. The van der Waals surface area contributed by atoms with Crippen molar-refractivity contribution >= 4 is 22.4 Å². The lowest BCUT2D eigenvalue weighted by atomic mass is 10.3. The van der Waals surface area contributed by atoms with Crippen molar-refractivity contribution < 1.29 is 4.79 Å². The smallest absolute Gasteiger partial charge is 0.226 e. The highest BCUT2D eigenvalue weighted by Gasteiger charge is 2.06. The van der Waals surface area contributed by atoms with Crippen molar-refractivity contribution in [3.05, 3.63) is 5.01 Å². The molecule has 6 heteroatoms. The molecule has 0 atom stereocenters. The van der Waals surface area contributed by atoms with Crippen molar-refractivity contribution in [2.75, 3.05) is 11.9 Å². The standard InChI is InChI=1S/C8H14N4OS/c1-2-3-6(13)10-8-12-11-7(14-8)4-5-9/h2-5,9H2,1H3,(H,10,12,13). The Morgan fingerprint density at radius 2 is 2.36 bits per heavy atom. The average molecular weight is 214 g/mol. The fraction of sp³-hybridized carbons (Fsp3) is 0.625. The number of anilines is 1. The van der Waals surface area contributed by atoms with E-state index in [1.165, 1.54) is 11.3 Å². The predicted molar refractivity (Wildman–Crippen MR) is 56.2 cm³/mol. The number of nitrogens with zero attached hydrogens (tertiary/aromatic N) is 2. The van der Waals surface area contributed by atoms with Crippen LogP contribution in [0.4, 0.5) is 5.13 Å². The van der Waals surface area contributed by atoms with Gasteiger partial charge in [0.05, 0.1) is 0 Å².